The van der Waals surface area contributed by atoms with Gasteiger partial charge in [0.15, 0.2) is 0 Å². The zero-order valence-electron chi connectivity index (χ0n) is 15.9. The van der Waals surface area contributed by atoms with Crippen LogP contribution in [0.15, 0.2) is 18.2 Å². The van der Waals surface area contributed by atoms with Crippen LogP contribution in [-0.4, -0.2) is 41.8 Å². The van der Waals surface area contributed by atoms with Gasteiger partial charge >= 0.3 is 11.9 Å². The topological polar surface area (TPSA) is 95.9 Å². The Labute approximate surface area is 150 Å². The van der Waals surface area contributed by atoms with Crippen molar-refractivity contribution in [2.75, 3.05) is 19.7 Å². The van der Waals surface area contributed by atoms with Crippen LogP contribution >= 0.6 is 0 Å². The minimum absolute atomic E-state index is 0.199. The lowest BCUT2D eigenvalue weighted by Crippen LogP contribution is -2.22. The van der Waals surface area contributed by atoms with Crippen molar-refractivity contribution < 1.29 is 24.5 Å². The van der Waals surface area contributed by atoms with E-state index < -0.39 is 11.9 Å². The van der Waals surface area contributed by atoms with Crippen LogP contribution in [-0.2, 0) is 15.0 Å². The van der Waals surface area contributed by atoms with E-state index in [1.165, 1.54) is 24.0 Å². The molecule has 25 heavy (non-hydrogen) atoms. The summed E-state index contributed by atoms with van der Waals surface area (Å²) < 4.78 is 5.82. The summed E-state index contributed by atoms with van der Waals surface area (Å²) in [6.45, 7) is 13.8. The molecule has 0 saturated heterocycles. The predicted octanol–water partition coefficient (Wildman–Crippen LogP) is 3.22. The molecule has 142 valence electrons. The largest absolute Gasteiger partial charge is 0.492 e. The first-order chi connectivity index (χ1) is 11.6. The standard InChI is InChI=1S/C17H29NO.C2H2O4/c1-6-7-10-18-11-12-19-16-9-8-15(13-14(16)2)17(3,4)5;3-1(4)2(5)6/h8-9,13,18H,6-7,10-12H2,1-5H3;(H,3,4)(H,5,6). The fourth-order valence-corrected chi connectivity index (χ4v) is 1.94. The van der Waals surface area contributed by atoms with Gasteiger partial charge in [-0.3, -0.25) is 0 Å². The molecule has 1 aromatic rings. The van der Waals surface area contributed by atoms with Gasteiger partial charge in [-0.05, 0) is 42.5 Å². The summed E-state index contributed by atoms with van der Waals surface area (Å²) in [7, 11) is 0. The Morgan fingerprint density at radius 1 is 1.12 bits per heavy atom. The number of ether oxygens (including phenoxy) is 1. The van der Waals surface area contributed by atoms with E-state index in [9.17, 15) is 0 Å². The number of hydrogen-bond donors (Lipinski definition) is 3. The molecule has 0 aliphatic rings. The molecule has 0 aromatic heterocycles. The van der Waals surface area contributed by atoms with Gasteiger partial charge in [0.25, 0.3) is 0 Å². The second-order valence-corrected chi connectivity index (χ2v) is 6.79. The molecule has 0 heterocycles. The average Bonchev–Trinajstić information content (AvgIpc) is 2.51. The molecule has 1 aromatic carbocycles. The maximum Gasteiger partial charge on any atom is 0.414 e. The van der Waals surface area contributed by atoms with Crippen molar-refractivity contribution in [3.8, 4) is 5.75 Å². The van der Waals surface area contributed by atoms with Crippen molar-refractivity contribution in [1.29, 1.82) is 0 Å². The fourth-order valence-electron chi connectivity index (χ4n) is 1.94. The molecule has 0 spiro atoms. The molecule has 3 N–H and O–H groups in total. The number of benzene rings is 1. The van der Waals surface area contributed by atoms with Crippen molar-refractivity contribution in [3.05, 3.63) is 29.3 Å². The van der Waals surface area contributed by atoms with E-state index in [0.29, 0.717) is 0 Å². The minimum Gasteiger partial charge on any atom is -0.492 e. The molecule has 0 aliphatic carbocycles. The number of aryl methyl sites for hydroxylation is 1. The lowest BCUT2D eigenvalue weighted by Gasteiger charge is -2.20. The number of hydrogen-bond acceptors (Lipinski definition) is 4. The van der Waals surface area contributed by atoms with Crippen LogP contribution in [0.1, 0.15) is 51.7 Å². The quantitative estimate of drug-likeness (QED) is 0.514. The monoisotopic (exact) mass is 353 g/mol. The molecular formula is C19H31NO5. The predicted molar refractivity (Wildman–Crippen MR) is 98.4 cm³/mol. The fraction of sp³-hybridized carbons (Fsp3) is 0.579. The Morgan fingerprint density at radius 3 is 2.16 bits per heavy atom. The first kappa shape index (κ1) is 22.9. The van der Waals surface area contributed by atoms with Crippen LogP contribution in [0.25, 0.3) is 0 Å². The smallest absolute Gasteiger partial charge is 0.414 e. The van der Waals surface area contributed by atoms with Crippen molar-refractivity contribution in [1.82, 2.24) is 5.32 Å². The van der Waals surface area contributed by atoms with E-state index >= 15 is 0 Å². The van der Waals surface area contributed by atoms with Crippen molar-refractivity contribution in [2.24, 2.45) is 0 Å². The Kier molecular flexibility index (Phi) is 10.5. The molecule has 0 saturated carbocycles. The van der Waals surface area contributed by atoms with Crippen LogP contribution in [0.5, 0.6) is 5.75 Å². The third-order valence-corrected chi connectivity index (χ3v) is 3.47. The highest BCUT2D eigenvalue weighted by Crippen LogP contribution is 2.27. The molecule has 6 nitrogen and oxygen atoms in total. The second kappa shape index (κ2) is 11.5. The molecular weight excluding hydrogens is 322 g/mol. The van der Waals surface area contributed by atoms with E-state index in [4.69, 9.17) is 24.5 Å². The number of aliphatic carboxylic acids is 2. The summed E-state index contributed by atoms with van der Waals surface area (Å²) in [6.07, 6.45) is 2.47. The maximum atomic E-state index is 9.10. The van der Waals surface area contributed by atoms with Gasteiger partial charge in [-0.1, -0.05) is 46.2 Å². The van der Waals surface area contributed by atoms with Crippen LogP contribution in [0.3, 0.4) is 0 Å². The van der Waals surface area contributed by atoms with Crippen molar-refractivity contribution in [3.63, 3.8) is 0 Å². The summed E-state index contributed by atoms with van der Waals surface area (Å²) in [6, 6.07) is 6.51. The molecule has 0 bridgehead atoms. The Morgan fingerprint density at radius 2 is 1.72 bits per heavy atom. The van der Waals surface area contributed by atoms with Crippen molar-refractivity contribution >= 4 is 11.9 Å². The van der Waals surface area contributed by atoms with E-state index in [0.717, 1.165) is 25.4 Å². The van der Waals surface area contributed by atoms with Crippen LogP contribution < -0.4 is 10.1 Å². The number of carbonyl (C=O) groups is 2. The number of carboxylic acid groups (broad SMARTS) is 2. The molecule has 0 amide bonds. The van der Waals surface area contributed by atoms with Gasteiger partial charge in [-0.2, -0.15) is 0 Å². The third kappa shape index (κ3) is 10.4. The van der Waals surface area contributed by atoms with Gasteiger partial charge in [-0.25, -0.2) is 9.59 Å². The van der Waals surface area contributed by atoms with Gasteiger partial charge in [0.05, 0.1) is 0 Å². The third-order valence-electron chi connectivity index (χ3n) is 3.47. The Bertz CT molecular complexity index is 537. The zero-order valence-corrected chi connectivity index (χ0v) is 15.9. The van der Waals surface area contributed by atoms with Crippen molar-refractivity contribution in [2.45, 2.75) is 52.9 Å². The van der Waals surface area contributed by atoms with E-state index in [1.54, 1.807) is 0 Å². The van der Waals surface area contributed by atoms with Crippen LogP contribution in [0.2, 0.25) is 0 Å². The van der Waals surface area contributed by atoms with E-state index in [2.05, 4.69) is 58.1 Å². The summed E-state index contributed by atoms with van der Waals surface area (Å²) in [5, 5.41) is 18.2. The lowest BCUT2D eigenvalue weighted by molar-refractivity contribution is -0.159. The summed E-state index contributed by atoms with van der Waals surface area (Å²) in [4.78, 5) is 18.2. The van der Waals surface area contributed by atoms with Crippen LogP contribution in [0.4, 0.5) is 0 Å². The molecule has 0 unspecified atom stereocenters. The average molecular weight is 353 g/mol. The molecule has 1 rings (SSSR count). The molecule has 0 aliphatic heterocycles. The van der Waals surface area contributed by atoms with Crippen LogP contribution in [0, 0.1) is 6.92 Å². The van der Waals surface area contributed by atoms with E-state index in [1.807, 2.05) is 0 Å². The Balaban J connectivity index is 0.000000823. The highest BCUT2D eigenvalue weighted by atomic mass is 16.5. The van der Waals surface area contributed by atoms with Gasteiger partial charge in [-0.15, -0.1) is 0 Å². The molecule has 0 atom stereocenters. The van der Waals surface area contributed by atoms with Gasteiger partial charge in [0.2, 0.25) is 0 Å². The second-order valence-electron chi connectivity index (χ2n) is 6.79. The first-order valence-electron chi connectivity index (χ1n) is 8.50. The van der Waals surface area contributed by atoms with Gasteiger partial charge in [0, 0.05) is 6.54 Å². The lowest BCUT2D eigenvalue weighted by atomic mass is 9.86. The Hall–Kier alpha value is -2.08. The van der Waals surface area contributed by atoms with Gasteiger partial charge < -0.3 is 20.3 Å². The zero-order chi connectivity index (χ0) is 19.5. The normalized spacial score (nSPS) is 10.6. The summed E-state index contributed by atoms with van der Waals surface area (Å²) >= 11 is 0. The van der Waals surface area contributed by atoms with Gasteiger partial charge in [0.1, 0.15) is 12.4 Å². The SMILES string of the molecule is CCCCNCCOc1ccc(C(C)(C)C)cc1C.O=C(O)C(=O)O. The highest BCUT2D eigenvalue weighted by molar-refractivity contribution is 6.27. The first-order valence-corrected chi connectivity index (χ1v) is 8.50. The molecule has 0 radical (unpaired) electrons. The number of unbranched alkanes of at least 4 members (excludes halogenated alkanes) is 1. The summed E-state index contributed by atoms with van der Waals surface area (Å²) in [5.74, 6) is -2.64. The van der Waals surface area contributed by atoms with E-state index in [-0.39, 0.29) is 5.41 Å². The highest BCUT2D eigenvalue weighted by Gasteiger charge is 2.14. The minimum atomic E-state index is -1.82. The summed E-state index contributed by atoms with van der Waals surface area (Å²) in [5.41, 5.74) is 2.78. The molecule has 6 heteroatoms. The number of carboxylic acids is 2. The molecule has 0 fully saturated rings. The maximum absolute atomic E-state index is 9.10. The number of nitrogens with one attached hydrogen (secondary N) is 1. The number of rotatable bonds is 7.